The van der Waals surface area contributed by atoms with Crippen LogP contribution in [0.4, 0.5) is 5.69 Å². The van der Waals surface area contributed by atoms with E-state index in [1.807, 2.05) is 13.0 Å². The molecule has 1 aromatic heterocycles. The van der Waals surface area contributed by atoms with Gasteiger partial charge in [0.2, 0.25) is 0 Å². The number of hydrogen-bond acceptors (Lipinski definition) is 3. The second-order valence-electron chi connectivity index (χ2n) is 6.74. The number of anilines is 1. The van der Waals surface area contributed by atoms with Crippen LogP contribution < -0.4 is 4.90 Å². The smallest absolute Gasteiger partial charge is 0.339 e. The average Bonchev–Trinajstić information content (AvgIpc) is 2.86. The van der Waals surface area contributed by atoms with Gasteiger partial charge in [-0.15, -0.1) is 0 Å². The molecule has 3 rings (SSSR count). The normalized spacial score (nSPS) is 21.0. The van der Waals surface area contributed by atoms with Crippen molar-refractivity contribution in [3.63, 3.8) is 0 Å². The zero-order valence-electron chi connectivity index (χ0n) is 13.0. The standard InChI is InChI=1S/C17H24N2O2/c1-12-11-14(15(16(20)21)13(2)18-12)19-9-7-17(8-10-19)5-3-4-6-17/h11H,3-10H2,1-2H3,(H,20,21). The fourth-order valence-corrected chi connectivity index (χ4v) is 4.17. The van der Waals surface area contributed by atoms with Gasteiger partial charge in [-0.3, -0.25) is 4.98 Å². The first-order valence-electron chi connectivity index (χ1n) is 7.97. The first kappa shape index (κ1) is 14.4. The third-order valence-corrected chi connectivity index (χ3v) is 5.35. The van der Waals surface area contributed by atoms with E-state index in [0.717, 1.165) is 24.5 Å². The zero-order valence-corrected chi connectivity index (χ0v) is 13.0. The van der Waals surface area contributed by atoms with E-state index >= 15 is 0 Å². The van der Waals surface area contributed by atoms with E-state index in [-0.39, 0.29) is 0 Å². The fourth-order valence-electron chi connectivity index (χ4n) is 4.17. The second-order valence-corrected chi connectivity index (χ2v) is 6.74. The number of carboxylic acids is 1. The van der Waals surface area contributed by atoms with Gasteiger partial charge in [0, 0.05) is 18.8 Å². The third-order valence-electron chi connectivity index (χ3n) is 5.35. The van der Waals surface area contributed by atoms with E-state index in [9.17, 15) is 9.90 Å². The van der Waals surface area contributed by atoms with E-state index in [1.54, 1.807) is 6.92 Å². The highest BCUT2D eigenvalue weighted by molar-refractivity contribution is 5.95. The minimum absolute atomic E-state index is 0.378. The summed E-state index contributed by atoms with van der Waals surface area (Å²) >= 11 is 0. The van der Waals surface area contributed by atoms with Gasteiger partial charge in [0.15, 0.2) is 0 Å². The van der Waals surface area contributed by atoms with Crippen LogP contribution in [0.5, 0.6) is 0 Å². The molecule has 4 nitrogen and oxygen atoms in total. The molecule has 0 unspecified atom stereocenters. The van der Waals surface area contributed by atoms with Crippen LogP contribution in [-0.4, -0.2) is 29.1 Å². The summed E-state index contributed by atoms with van der Waals surface area (Å²) in [6.07, 6.45) is 7.86. The molecule has 21 heavy (non-hydrogen) atoms. The number of aryl methyl sites for hydroxylation is 2. The molecule has 1 spiro atoms. The zero-order chi connectivity index (χ0) is 15.0. The number of aromatic nitrogens is 1. The number of hydrogen-bond donors (Lipinski definition) is 1. The first-order chi connectivity index (χ1) is 10.0. The molecule has 2 aliphatic rings. The summed E-state index contributed by atoms with van der Waals surface area (Å²) in [5, 5.41) is 9.51. The molecular formula is C17H24N2O2. The molecule has 2 fully saturated rings. The summed E-state index contributed by atoms with van der Waals surface area (Å²) in [6.45, 7) is 5.68. The highest BCUT2D eigenvalue weighted by atomic mass is 16.4. The maximum absolute atomic E-state index is 11.6. The summed E-state index contributed by atoms with van der Waals surface area (Å²) in [4.78, 5) is 18.2. The molecule has 1 N–H and O–H groups in total. The Morgan fingerprint density at radius 2 is 1.81 bits per heavy atom. The number of carbonyl (C=O) groups is 1. The molecule has 0 bridgehead atoms. The molecular weight excluding hydrogens is 264 g/mol. The molecule has 1 saturated carbocycles. The summed E-state index contributed by atoms with van der Waals surface area (Å²) < 4.78 is 0. The molecule has 4 heteroatoms. The quantitative estimate of drug-likeness (QED) is 0.904. The lowest BCUT2D eigenvalue weighted by atomic mass is 9.77. The number of rotatable bonds is 2. The Kier molecular flexibility index (Phi) is 3.64. The van der Waals surface area contributed by atoms with Crippen LogP contribution in [0.15, 0.2) is 6.07 Å². The number of carboxylic acid groups (broad SMARTS) is 1. The van der Waals surface area contributed by atoms with Crippen molar-refractivity contribution in [2.45, 2.75) is 52.4 Å². The first-order valence-corrected chi connectivity index (χ1v) is 7.97. The maximum atomic E-state index is 11.6. The van der Waals surface area contributed by atoms with Crippen molar-refractivity contribution in [2.75, 3.05) is 18.0 Å². The van der Waals surface area contributed by atoms with Crippen molar-refractivity contribution in [3.8, 4) is 0 Å². The number of piperidine rings is 1. The largest absolute Gasteiger partial charge is 0.478 e. The van der Waals surface area contributed by atoms with Gasteiger partial charge in [-0.2, -0.15) is 0 Å². The van der Waals surface area contributed by atoms with E-state index in [1.165, 1.54) is 38.5 Å². The van der Waals surface area contributed by atoms with Crippen LogP contribution in [-0.2, 0) is 0 Å². The predicted octanol–water partition coefficient (Wildman–Crippen LogP) is 3.56. The lowest BCUT2D eigenvalue weighted by molar-refractivity contribution is 0.0696. The van der Waals surface area contributed by atoms with E-state index < -0.39 is 5.97 Å². The highest BCUT2D eigenvalue weighted by Gasteiger charge is 2.37. The Bertz CT molecular complexity index is 552. The Morgan fingerprint density at radius 3 is 2.38 bits per heavy atom. The van der Waals surface area contributed by atoms with Crippen LogP contribution >= 0.6 is 0 Å². The molecule has 1 aromatic rings. The van der Waals surface area contributed by atoms with Crippen LogP contribution in [0.25, 0.3) is 0 Å². The molecule has 0 aromatic carbocycles. The van der Waals surface area contributed by atoms with E-state index in [4.69, 9.17) is 0 Å². The van der Waals surface area contributed by atoms with Gasteiger partial charge in [-0.05, 0) is 51.0 Å². The van der Waals surface area contributed by atoms with Gasteiger partial charge in [0.25, 0.3) is 0 Å². The van der Waals surface area contributed by atoms with Crippen LogP contribution in [0, 0.1) is 19.3 Å². The predicted molar refractivity (Wildman–Crippen MR) is 83.0 cm³/mol. The average molecular weight is 288 g/mol. The minimum atomic E-state index is -0.865. The monoisotopic (exact) mass is 288 g/mol. The summed E-state index contributed by atoms with van der Waals surface area (Å²) in [7, 11) is 0. The topological polar surface area (TPSA) is 53.4 Å². The van der Waals surface area contributed by atoms with Crippen molar-refractivity contribution < 1.29 is 9.90 Å². The van der Waals surface area contributed by atoms with E-state index in [2.05, 4.69) is 9.88 Å². The SMILES string of the molecule is Cc1cc(N2CCC3(CCCC3)CC2)c(C(=O)O)c(C)n1. The number of aromatic carboxylic acids is 1. The molecule has 1 aliphatic carbocycles. The molecule has 0 radical (unpaired) electrons. The molecule has 2 heterocycles. The molecule has 0 amide bonds. The molecule has 1 aliphatic heterocycles. The van der Waals surface area contributed by atoms with Crippen molar-refractivity contribution in [1.29, 1.82) is 0 Å². The van der Waals surface area contributed by atoms with E-state index in [0.29, 0.717) is 16.7 Å². The van der Waals surface area contributed by atoms with Gasteiger partial charge >= 0.3 is 5.97 Å². The van der Waals surface area contributed by atoms with Crippen molar-refractivity contribution in [1.82, 2.24) is 4.98 Å². The summed E-state index contributed by atoms with van der Waals surface area (Å²) in [5.41, 5.74) is 3.31. The number of nitrogens with zero attached hydrogens (tertiary/aromatic N) is 2. The van der Waals surface area contributed by atoms with Crippen LogP contribution in [0.3, 0.4) is 0 Å². The van der Waals surface area contributed by atoms with Gasteiger partial charge in [0.05, 0.1) is 11.4 Å². The molecule has 114 valence electrons. The third kappa shape index (κ3) is 2.63. The van der Waals surface area contributed by atoms with Gasteiger partial charge in [0.1, 0.15) is 5.56 Å². The van der Waals surface area contributed by atoms with Gasteiger partial charge in [-0.1, -0.05) is 12.8 Å². The number of pyridine rings is 1. The molecule has 1 saturated heterocycles. The minimum Gasteiger partial charge on any atom is -0.478 e. The lowest BCUT2D eigenvalue weighted by Crippen LogP contribution is -2.39. The van der Waals surface area contributed by atoms with Gasteiger partial charge in [-0.25, -0.2) is 4.79 Å². The van der Waals surface area contributed by atoms with Gasteiger partial charge < -0.3 is 10.0 Å². The Balaban J connectivity index is 1.86. The highest BCUT2D eigenvalue weighted by Crippen LogP contribution is 2.47. The molecule has 0 atom stereocenters. The van der Waals surface area contributed by atoms with Crippen LogP contribution in [0.1, 0.15) is 60.3 Å². The Labute approximate surface area is 126 Å². The maximum Gasteiger partial charge on any atom is 0.339 e. The fraction of sp³-hybridized carbons (Fsp3) is 0.647. The summed E-state index contributed by atoms with van der Waals surface area (Å²) in [6, 6.07) is 1.93. The second kappa shape index (κ2) is 5.32. The van der Waals surface area contributed by atoms with Crippen LogP contribution in [0.2, 0.25) is 0 Å². The summed E-state index contributed by atoms with van der Waals surface area (Å²) in [5.74, 6) is -0.865. The van der Waals surface area contributed by atoms with Crippen molar-refractivity contribution >= 4 is 11.7 Å². The lowest BCUT2D eigenvalue weighted by Gasteiger charge is -2.41. The Morgan fingerprint density at radius 1 is 1.19 bits per heavy atom. The van der Waals surface area contributed by atoms with Crippen molar-refractivity contribution in [2.24, 2.45) is 5.41 Å². The Hall–Kier alpha value is -1.58. The van der Waals surface area contributed by atoms with Crippen molar-refractivity contribution in [3.05, 3.63) is 23.0 Å².